The van der Waals surface area contributed by atoms with Crippen LogP contribution in [-0.2, 0) is 13.1 Å². The van der Waals surface area contributed by atoms with Crippen molar-refractivity contribution in [1.29, 1.82) is 0 Å². The van der Waals surface area contributed by atoms with E-state index >= 15 is 0 Å². The quantitative estimate of drug-likeness (QED) is 0.546. The van der Waals surface area contributed by atoms with Crippen molar-refractivity contribution in [3.05, 3.63) is 69.8 Å². The Hall–Kier alpha value is -1.19. The highest BCUT2D eigenvalue weighted by Gasteiger charge is 2.13. The summed E-state index contributed by atoms with van der Waals surface area (Å²) in [5, 5.41) is 6.21. The Morgan fingerprint density at radius 1 is 1.00 bits per heavy atom. The summed E-state index contributed by atoms with van der Waals surface area (Å²) < 4.78 is 2.25. The maximum atomic E-state index is 6.35. The summed E-state index contributed by atoms with van der Waals surface area (Å²) in [6.45, 7) is 8.11. The molecule has 0 bridgehead atoms. The highest BCUT2D eigenvalue weighted by atomic mass is 35.5. The second-order valence-corrected chi connectivity index (χ2v) is 7.98. The highest BCUT2D eigenvalue weighted by molar-refractivity contribution is 6.35. The zero-order valence-electron chi connectivity index (χ0n) is 14.6. The van der Waals surface area contributed by atoms with Crippen LogP contribution in [0.2, 0.25) is 10.0 Å². The molecule has 0 aliphatic heterocycles. The summed E-state index contributed by atoms with van der Waals surface area (Å²) in [6, 6.07) is 14.2. The van der Waals surface area contributed by atoms with Crippen LogP contribution in [-0.4, -0.2) is 10.1 Å². The summed E-state index contributed by atoms with van der Waals surface area (Å²) in [6.07, 6.45) is 2.22. The maximum absolute atomic E-state index is 6.35. The van der Waals surface area contributed by atoms with Crippen molar-refractivity contribution in [1.82, 2.24) is 9.88 Å². The summed E-state index contributed by atoms with van der Waals surface area (Å²) in [4.78, 5) is 0. The average Bonchev–Trinajstić information content (AvgIpc) is 2.86. The number of hydrogen-bond acceptors (Lipinski definition) is 1. The van der Waals surface area contributed by atoms with E-state index in [0.29, 0.717) is 10.0 Å². The third kappa shape index (κ3) is 4.92. The molecule has 0 amide bonds. The molecule has 1 aromatic heterocycles. The lowest BCUT2D eigenvalue weighted by molar-refractivity contribution is 0.425. The third-order valence-corrected chi connectivity index (χ3v) is 4.62. The van der Waals surface area contributed by atoms with Crippen LogP contribution >= 0.6 is 35.6 Å². The Balaban J connectivity index is 0.00000225. The van der Waals surface area contributed by atoms with E-state index in [4.69, 9.17) is 23.2 Å². The van der Waals surface area contributed by atoms with E-state index in [2.05, 4.69) is 61.1 Å². The van der Waals surface area contributed by atoms with Crippen LogP contribution in [0.3, 0.4) is 0 Å². The first-order valence-corrected chi connectivity index (χ1v) is 8.85. The van der Waals surface area contributed by atoms with Crippen LogP contribution in [0.5, 0.6) is 0 Å². The van der Waals surface area contributed by atoms with Gasteiger partial charge in [-0.2, -0.15) is 0 Å². The Morgan fingerprint density at radius 3 is 2.40 bits per heavy atom. The average molecular weight is 398 g/mol. The van der Waals surface area contributed by atoms with Gasteiger partial charge < -0.3 is 9.88 Å². The van der Waals surface area contributed by atoms with E-state index < -0.39 is 0 Å². The van der Waals surface area contributed by atoms with Crippen LogP contribution in [0, 0.1) is 0 Å². The van der Waals surface area contributed by atoms with Gasteiger partial charge in [-0.1, -0.05) is 47.5 Å². The molecule has 0 spiro atoms. The van der Waals surface area contributed by atoms with Gasteiger partial charge in [-0.3, -0.25) is 0 Å². The number of rotatable bonds is 4. The lowest BCUT2D eigenvalue weighted by atomic mass is 10.1. The number of nitrogens with one attached hydrogen (secondary N) is 1. The monoisotopic (exact) mass is 396 g/mol. The van der Waals surface area contributed by atoms with Gasteiger partial charge in [-0.15, -0.1) is 12.4 Å². The van der Waals surface area contributed by atoms with Crippen molar-refractivity contribution in [2.24, 2.45) is 0 Å². The van der Waals surface area contributed by atoms with E-state index in [-0.39, 0.29) is 17.9 Å². The minimum absolute atomic E-state index is 0. The zero-order valence-corrected chi connectivity index (χ0v) is 17.0. The van der Waals surface area contributed by atoms with Gasteiger partial charge in [0.25, 0.3) is 0 Å². The van der Waals surface area contributed by atoms with Crippen LogP contribution < -0.4 is 5.32 Å². The van der Waals surface area contributed by atoms with Crippen molar-refractivity contribution in [2.75, 3.05) is 0 Å². The van der Waals surface area contributed by atoms with Gasteiger partial charge in [0.1, 0.15) is 0 Å². The Kier molecular flexibility index (Phi) is 6.45. The SMILES string of the molecule is CC(C)(C)NCc1cn(Cc2ccc(Cl)cc2Cl)c2ccccc12.Cl. The molecule has 1 N–H and O–H groups in total. The van der Waals surface area contributed by atoms with E-state index in [0.717, 1.165) is 18.7 Å². The fraction of sp³-hybridized carbons (Fsp3) is 0.300. The Labute approximate surface area is 165 Å². The Morgan fingerprint density at radius 2 is 1.72 bits per heavy atom. The molecular weight excluding hydrogens is 375 g/mol. The van der Waals surface area contributed by atoms with Crippen molar-refractivity contribution in [3.8, 4) is 0 Å². The summed E-state index contributed by atoms with van der Waals surface area (Å²) >= 11 is 12.4. The van der Waals surface area contributed by atoms with Gasteiger partial charge in [0, 0.05) is 45.8 Å². The maximum Gasteiger partial charge on any atom is 0.0491 e. The molecule has 0 unspecified atom stereocenters. The summed E-state index contributed by atoms with van der Waals surface area (Å²) in [5.74, 6) is 0. The van der Waals surface area contributed by atoms with E-state index in [1.807, 2.05) is 12.1 Å². The standard InChI is InChI=1S/C20H22Cl2N2.ClH/c1-20(2,3)23-11-15-13-24(19-7-5-4-6-17(15)19)12-14-8-9-16(21)10-18(14)22;/h4-10,13,23H,11-12H2,1-3H3;1H. The number of benzene rings is 2. The molecule has 3 aromatic rings. The molecule has 5 heteroatoms. The second kappa shape index (κ2) is 8.01. The first-order chi connectivity index (χ1) is 11.3. The van der Waals surface area contributed by atoms with Gasteiger partial charge in [0.05, 0.1) is 0 Å². The fourth-order valence-corrected chi connectivity index (χ4v) is 3.26. The van der Waals surface area contributed by atoms with Crippen molar-refractivity contribution in [3.63, 3.8) is 0 Å². The summed E-state index contributed by atoms with van der Waals surface area (Å²) in [5.41, 5.74) is 3.67. The first-order valence-electron chi connectivity index (χ1n) is 8.09. The van der Waals surface area contributed by atoms with Gasteiger partial charge in [-0.05, 0) is 50.1 Å². The van der Waals surface area contributed by atoms with Crippen LogP contribution in [0.4, 0.5) is 0 Å². The molecule has 134 valence electrons. The molecule has 0 atom stereocenters. The van der Waals surface area contributed by atoms with Crippen LogP contribution in [0.25, 0.3) is 10.9 Å². The largest absolute Gasteiger partial charge is 0.343 e. The normalized spacial score (nSPS) is 11.6. The molecule has 0 saturated carbocycles. The molecule has 0 radical (unpaired) electrons. The van der Waals surface area contributed by atoms with E-state index in [1.54, 1.807) is 6.07 Å². The topological polar surface area (TPSA) is 17.0 Å². The van der Waals surface area contributed by atoms with Crippen LogP contribution in [0.15, 0.2) is 48.7 Å². The van der Waals surface area contributed by atoms with E-state index in [9.17, 15) is 0 Å². The zero-order chi connectivity index (χ0) is 17.3. The molecule has 2 nitrogen and oxygen atoms in total. The predicted molar refractivity (Wildman–Crippen MR) is 111 cm³/mol. The molecule has 0 aliphatic carbocycles. The van der Waals surface area contributed by atoms with Gasteiger partial charge in [-0.25, -0.2) is 0 Å². The third-order valence-electron chi connectivity index (χ3n) is 4.04. The number of fused-ring (bicyclic) bond motifs is 1. The molecule has 1 heterocycles. The molecule has 2 aromatic carbocycles. The lowest BCUT2D eigenvalue weighted by Gasteiger charge is -2.20. The number of para-hydroxylation sites is 1. The van der Waals surface area contributed by atoms with Gasteiger partial charge in [0.15, 0.2) is 0 Å². The fourth-order valence-electron chi connectivity index (χ4n) is 2.79. The van der Waals surface area contributed by atoms with Crippen molar-refractivity contribution >= 4 is 46.5 Å². The van der Waals surface area contributed by atoms with Gasteiger partial charge in [0.2, 0.25) is 0 Å². The second-order valence-electron chi connectivity index (χ2n) is 7.14. The molecule has 0 aliphatic rings. The molecule has 0 saturated heterocycles. The van der Waals surface area contributed by atoms with Gasteiger partial charge >= 0.3 is 0 Å². The smallest absolute Gasteiger partial charge is 0.0491 e. The number of nitrogens with zero attached hydrogens (tertiary/aromatic N) is 1. The molecule has 3 rings (SSSR count). The summed E-state index contributed by atoms with van der Waals surface area (Å²) in [7, 11) is 0. The lowest BCUT2D eigenvalue weighted by Crippen LogP contribution is -2.34. The Bertz CT molecular complexity index is 863. The van der Waals surface area contributed by atoms with Crippen LogP contribution in [0.1, 0.15) is 31.9 Å². The number of halogens is 3. The minimum Gasteiger partial charge on any atom is -0.343 e. The first kappa shape index (κ1) is 20.1. The number of aromatic nitrogens is 1. The number of hydrogen-bond donors (Lipinski definition) is 1. The van der Waals surface area contributed by atoms with Crippen molar-refractivity contribution < 1.29 is 0 Å². The predicted octanol–water partition coefficient (Wildman–Crippen LogP) is 6.31. The molecule has 0 fully saturated rings. The minimum atomic E-state index is 0. The van der Waals surface area contributed by atoms with Crippen molar-refractivity contribution in [2.45, 2.75) is 39.4 Å². The molecule has 25 heavy (non-hydrogen) atoms. The molecular formula is C20H23Cl3N2. The van der Waals surface area contributed by atoms with E-state index in [1.165, 1.54) is 16.5 Å². The highest BCUT2D eigenvalue weighted by Crippen LogP contribution is 2.26.